The lowest BCUT2D eigenvalue weighted by molar-refractivity contribution is 0.936. The Morgan fingerprint density at radius 2 is 2.33 bits per heavy atom. The van der Waals surface area contributed by atoms with Crippen LogP contribution in [0.1, 0.15) is 23.8 Å². The molecule has 1 N–H and O–H groups in total. The second kappa shape index (κ2) is 5.23. The van der Waals surface area contributed by atoms with Gasteiger partial charge in [0.2, 0.25) is 0 Å². The van der Waals surface area contributed by atoms with Gasteiger partial charge < -0.3 is 5.32 Å². The molecule has 3 nitrogen and oxygen atoms in total. The molecule has 0 unspecified atom stereocenters. The predicted octanol–water partition coefficient (Wildman–Crippen LogP) is 3.16. The summed E-state index contributed by atoms with van der Waals surface area (Å²) in [7, 11) is 0. The first kappa shape index (κ1) is 10.6. The van der Waals surface area contributed by atoms with E-state index in [4.69, 9.17) is 0 Å². The Morgan fingerprint density at radius 3 is 3.07 bits per heavy atom. The second-order valence-electron chi connectivity index (χ2n) is 3.27. The maximum Gasteiger partial charge on any atom is 0.183 e. The number of thiazole rings is 1. The average molecular weight is 239 g/mol. The molecule has 2 rings (SSSR count). The standard InChI is InChI=1S/C10H13N3S2/c1-2-3-9-6-12-10(15-9)11-4-8-5-13-14-7-8/h5-7H,2-4H2,1H3,(H,11,12). The first-order valence-electron chi connectivity index (χ1n) is 4.95. The van der Waals surface area contributed by atoms with Crippen molar-refractivity contribution in [2.45, 2.75) is 26.3 Å². The molecule has 2 heterocycles. The number of hydrogen-bond acceptors (Lipinski definition) is 5. The number of nitrogens with one attached hydrogen (secondary N) is 1. The first-order valence-corrected chi connectivity index (χ1v) is 6.60. The molecule has 0 bridgehead atoms. The second-order valence-corrected chi connectivity index (χ2v) is 5.04. The fraction of sp³-hybridized carbons (Fsp3) is 0.400. The molecule has 0 fully saturated rings. The first-order chi connectivity index (χ1) is 7.38. The van der Waals surface area contributed by atoms with Crippen molar-refractivity contribution < 1.29 is 0 Å². The zero-order chi connectivity index (χ0) is 10.5. The normalized spacial score (nSPS) is 10.5. The smallest absolute Gasteiger partial charge is 0.183 e. The van der Waals surface area contributed by atoms with Crippen LogP contribution in [-0.4, -0.2) is 9.36 Å². The summed E-state index contributed by atoms with van der Waals surface area (Å²) in [6.07, 6.45) is 6.15. The summed E-state index contributed by atoms with van der Waals surface area (Å²) in [4.78, 5) is 5.68. The SMILES string of the molecule is CCCc1cnc(NCc2cnsc2)s1. The molecule has 80 valence electrons. The van der Waals surface area contributed by atoms with Crippen LogP contribution in [0.5, 0.6) is 0 Å². The van der Waals surface area contributed by atoms with E-state index in [1.165, 1.54) is 28.4 Å². The summed E-state index contributed by atoms with van der Waals surface area (Å²) < 4.78 is 4.05. The topological polar surface area (TPSA) is 37.8 Å². The van der Waals surface area contributed by atoms with E-state index in [-0.39, 0.29) is 0 Å². The average Bonchev–Trinajstić information content (AvgIpc) is 2.85. The van der Waals surface area contributed by atoms with Crippen LogP contribution in [0.15, 0.2) is 17.8 Å². The van der Waals surface area contributed by atoms with Crippen molar-refractivity contribution in [2.75, 3.05) is 5.32 Å². The van der Waals surface area contributed by atoms with Crippen LogP contribution in [-0.2, 0) is 13.0 Å². The van der Waals surface area contributed by atoms with Gasteiger partial charge in [0.15, 0.2) is 5.13 Å². The number of anilines is 1. The highest BCUT2D eigenvalue weighted by Gasteiger charge is 2.01. The minimum atomic E-state index is 0.815. The van der Waals surface area contributed by atoms with E-state index in [0.29, 0.717) is 0 Å². The zero-order valence-corrected chi connectivity index (χ0v) is 10.2. The Labute approximate surface area is 97.4 Å². The number of aromatic nitrogens is 2. The van der Waals surface area contributed by atoms with Gasteiger partial charge in [-0.2, -0.15) is 0 Å². The third-order valence-electron chi connectivity index (χ3n) is 1.98. The summed E-state index contributed by atoms with van der Waals surface area (Å²) in [5.41, 5.74) is 1.22. The Kier molecular flexibility index (Phi) is 3.69. The van der Waals surface area contributed by atoms with Crippen molar-refractivity contribution in [3.8, 4) is 0 Å². The van der Waals surface area contributed by atoms with E-state index in [1.54, 1.807) is 11.3 Å². The minimum absolute atomic E-state index is 0.815. The molecule has 0 aromatic carbocycles. The van der Waals surface area contributed by atoms with Crippen LogP contribution in [0.25, 0.3) is 0 Å². The number of rotatable bonds is 5. The van der Waals surface area contributed by atoms with Gasteiger partial charge in [-0.3, -0.25) is 0 Å². The summed E-state index contributed by atoms with van der Waals surface area (Å²) in [6, 6.07) is 0. The van der Waals surface area contributed by atoms with Crippen molar-refractivity contribution in [3.63, 3.8) is 0 Å². The maximum atomic E-state index is 4.32. The van der Waals surface area contributed by atoms with Crippen molar-refractivity contribution in [2.24, 2.45) is 0 Å². The summed E-state index contributed by atoms with van der Waals surface area (Å²) >= 11 is 3.22. The van der Waals surface area contributed by atoms with Crippen molar-refractivity contribution >= 4 is 28.0 Å². The van der Waals surface area contributed by atoms with Crippen LogP contribution < -0.4 is 5.32 Å². The summed E-state index contributed by atoms with van der Waals surface area (Å²) in [5.74, 6) is 0. The molecule has 0 saturated heterocycles. The summed E-state index contributed by atoms with van der Waals surface area (Å²) in [6.45, 7) is 3.00. The third-order valence-corrected chi connectivity index (χ3v) is 3.63. The fourth-order valence-electron chi connectivity index (χ4n) is 1.24. The van der Waals surface area contributed by atoms with Crippen LogP contribution in [0, 0.1) is 0 Å². The molecule has 2 aromatic rings. The fourth-order valence-corrected chi connectivity index (χ4v) is 2.69. The van der Waals surface area contributed by atoms with Crippen LogP contribution in [0.3, 0.4) is 0 Å². The van der Waals surface area contributed by atoms with Gasteiger partial charge in [0.25, 0.3) is 0 Å². The van der Waals surface area contributed by atoms with E-state index in [0.717, 1.165) is 18.1 Å². The quantitative estimate of drug-likeness (QED) is 0.871. The van der Waals surface area contributed by atoms with E-state index >= 15 is 0 Å². The largest absolute Gasteiger partial charge is 0.357 e. The van der Waals surface area contributed by atoms with Gasteiger partial charge in [-0.05, 0) is 18.0 Å². The molecular formula is C10H13N3S2. The number of aryl methyl sites for hydroxylation is 1. The van der Waals surface area contributed by atoms with Gasteiger partial charge in [-0.25, -0.2) is 9.36 Å². The van der Waals surface area contributed by atoms with E-state index in [2.05, 4.69) is 21.6 Å². The van der Waals surface area contributed by atoms with Gasteiger partial charge in [0.1, 0.15) is 0 Å². The monoisotopic (exact) mass is 239 g/mol. The highest BCUT2D eigenvalue weighted by atomic mass is 32.1. The lowest BCUT2D eigenvalue weighted by Crippen LogP contribution is -1.96. The van der Waals surface area contributed by atoms with E-state index in [9.17, 15) is 0 Å². The maximum absolute atomic E-state index is 4.32. The molecule has 0 aliphatic heterocycles. The Hall–Kier alpha value is -0.940. The Bertz CT molecular complexity index is 394. The number of nitrogens with zero attached hydrogens (tertiary/aromatic N) is 2. The Balaban J connectivity index is 1.88. The van der Waals surface area contributed by atoms with Gasteiger partial charge in [-0.1, -0.05) is 13.3 Å². The molecule has 0 aliphatic carbocycles. The lowest BCUT2D eigenvalue weighted by atomic mass is 10.3. The molecule has 5 heteroatoms. The minimum Gasteiger partial charge on any atom is -0.357 e. The van der Waals surface area contributed by atoms with Crippen LogP contribution >= 0.6 is 22.9 Å². The highest BCUT2D eigenvalue weighted by molar-refractivity contribution is 7.15. The van der Waals surface area contributed by atoms with Gasteiger partial charge >= 0.3 is 0 Å². The third kappa shape index (κ3) is 3.00. The van der Waals surface area contributed by atoms with Gasteiger partial charge in [-0.15, -0.1) is 11.3 Å². The molecule has 0 aliphatic rings. The zero-order valence-electron chi connectivity index (χ0n) is 8.56. The molecule has 0 amide bonds. The van der Waals surface area contributed by atoms with Crippen molar-refractivity contribution in [1.82, 2.24) is 9.36 Å². The Morgan fingerprint density at radius 1 is 1.40 bits per heavy atom. The van der Waals surface area contributed by atoms with Crippen LogP contribution in [0.2, 0.25) is 0 Å². The molecule has 15 heavy (non-hydrogen) atoms. The van der Waals surface area contributed by atoms with Gasteiger partial charge in [0.05, 0.1) is 0 Å². The molecule has 0 spiro atoms. The molecule has 0 atom stereocenters. The molecule has 2 aromatic heterocycles. The molecular weight excluding hydrogens is 226 g/mol. The van der Waals surface area contributed by atoms with E-state index < -0.39 is 0 Å². The summed E-state index contributed by atoms with van der Waals surface area (Å²) in [5, 5.41) is 6.35. The van der Waals surface area contributed by atoms with Gasteiger partial charge in [0, 0.05) is 34.8 Å². The molecule has 0 radical (unpaired) electrons. The lowest BCUT2D eigenvalue weighted by Gasteiger charge is -1.98. The highest BCUT2D eigenvalue weighted by Crippen LogP contribution is 2.20. The predicted molar refractivity (Wildman–Crippen MR) is 65.5 cm³/mol. The van der Waals surface area contributed by atoms with Crippen molar-refractivity contribution in [3.05, 3.63) is 28.2 Å². The van der Waals surface area contributed by atoms with Crippen molar-refractivity contribution in [1.29, 1.82) is 0 Å². The molecule has 0 saturated carbocycles. The van der Waals surface area contributed by atoms with Crippen LogP contribution in [0.4, 0.5) is 5.13 Å². The van der Waals surface area contributed by atoms with E-state index in [1.807, 2.05) is 17.8 Å². The number of hydrogen-bond donors (Lipinski definition) is 1.